The Morgan fingerprint density at radius 3 is 2.88 bits per heavy atom. The van der Waals surface area contributed by atoms with Crippen LogP contribution in [0, 0.1) is 0 Å². The number of halogens is 1. The maximum absolute atomic E-state index is 12.6. The average molecular weight is 489 g/mol. The molecule has 2 aliphatic rings. The van der Waals surface area contributed by atoms with Crippen LogP contribution in [-0.4, -0.2) is 78.4 Å². The fraction of sp³-hybridized carbons (Fsp3) is 0.455. The van der Waals surface area contributed by atoms with Crippen molar-refractivity contribution < 1.29 is 14.3 Å². The highest BCUT2D eigenvalue weighted by atomic mass is 35.5. The van der Waals surface area contributed by atoms with Crippen LogP contribution < -0.4 is 14.5 Å². The van der Waals surface area contributed by atoms with Crippen LogP contribution in [0.3, 0.4) is 0 Å². The number of carbonyl (C=O) groups excluding carboxylic acids is 1. The van der Waals surface area contributed by atoms with Gasteiger partial charge < -0.3 is 24.2 Å². The molecule has 33 heavy (non-hydrogen) atoms. The number of ether oxygens (including phenoxy) is 2. The molecule has 0 N–H and O–H groups in total. The molecule has 1 amide bonds. The molecular formula is C22H25ClN6O3S. The highest BCUT2D eigenvalue weighted by Crippen LogP contribution is 2.31. The van der Waals surface area contributed by atoms with Gasteiger partial charge in [-0.25, -0.2) is 14.8 Å². The summed E-state index contributed by atoms with van der Waals surface area (Å²) in [5.74, 6) is 0.796. The highest BCUT2D eigenvalue weighted by molar-refractivity contribution is 7.11. The van der Waals surface area contributed by atoms with E-state index in [1.165, 1.54) is 11.3 Å². The monoisotopic (exact) mass is 488 g/mol. The number of likely N-dealkylation sites (N-methyl/N-ethyl adjacent to an activating group) is 1. The molecule has 1 unspecified atom stereocenters. The second-order valence-electron chi connectivity index (χ2n) is 8.14. The number of hydrogen-bond acceptors (Lipinski definition) is 9. The van der Waals surface area contributed by atoms with Gasteiger partial charge in [0.2, 0.25) is 5.28 Å². The van der Waals surface area contributed by atoms with Crippen LogP contribution in [0.25, 0.3) is 10.9 Å². The van der Waals surface area contributed by atoms with Crippen molar-refractivity contribution in [3.63, 3.8) is 0 Å². The van der Waals surface area contributed by atoms with Crippen LogP contribution in [0.5, 0.6) is 5.19 Å². The van der Waals surface area contributed by atoms with Crippen LogP contribution in [0.1, 0.15) is 12.8 Å². The minimum atomic E-state index is -0.405. The van der Waals surface area contributed by atoms with Crippen LogP contribution in [0.15, 0.2) is 29.8 Å². The highest BCUT2D eigenvalue weighted by Gasteiger charge is 2.29. The standard InChI is InChI=1S/C22H25ClN6O3S/c1-27(22(30)32-21-24-6-12-33-21)16-3-2-7-29(14-16)19-17-5-4-15(28-8-10-31-11-9-28)13-18(17)25-20(23)26-19/h4-6,12-13,16H,2-3,7-11,14H2,1H3. The third kappa shape index (κ3) is 4.83. The maximum atomic E-state index is 12.6. The van der Waals surface area contributed by atoms with Gasteiger partial charge in [-0.1, -0.05) is 11.3 Å². The minimum Gasteiger partial charge on any atom is -0.381 e. The number of piperidine rings is 1. The molecule has 1 atom stereocenters. The third-order valence-corrected chi connectivity index (χ3v) is 6.94. The third-order valence-electron chi connectivity index (χ3n) is 6.13. The largest absolute Gasteiger partial charge is 0.417 e. The smallest absolute Gasteiger partial charge is 0.381 e. The van der Waals surface area contributed by atoms with E-state index in [-0.39, 0.29) is 11.3 Å². The summed E-state index contributed by atoms with van der Waals surface area (Å²) in [5, 5.41) is 3.30. The summed E-state index contributed by atoms with van der Waals surface area (Å²) >= 11 is 7.63. The molecular weight excluding hydrogens is 464 g/mol. The number of nitrogens with zero attached hydrogens (tertiary/aromatic N) is 6. The predicted octanol–water partition coefficient (Wildman–Crippen LogP) is 3.68. The van der Waals surface area contributed by atoms with Crippen molar-refractivity contribution in [3.05, 3.63) is 35.1 Å². The van der Waals surface area contributed by atoms with Crippen molar-refractivity contribution in [3.8, 4) is 5.19 Å². The molecule has 0 aliphatic carbocycles. The molecule has 2 fully saturated rings. The predicted molar refractivity (Wildman–Crippen MR) is 129 cm³/mol. The lowest BCUT2D eigenvalue weighted by molar-refractivity contribution is 0.122. The van der Waals surface area contributed by atoms with Gasteiger partial charge in [0.1, 0.15) is 5.82 Å². The zero-order chi connectivity index (χ0) is 22.8. The van der Waals surface area contributed by atoms with E-state index in [4.69, 9.17) is 21.1 Å². The fourth-order valence-electron chi connectivity index (χ4n) is 4.35. The number of morpholine rings is 1. The zero-order valence-corrected chi connectivity index (χ0v) is 19.9. The first kappa shape index (κ1) is 22.1. The second kappa shape index (κ2) is 9.66. The molecule has 174 valence electrons. The van der Waals surface area contributed by atoms with Crippen molar-refractivity contribution in [2.75, 3.05) is 56.2 Å². The van der Waals surface area contributed by atoms with E-state index in [0.29, 0.717) is 11.7 Å². The van der Waals surface area contributed by atoms with E-state index in [2.05, 4.69) is 43.0 Å². The van der Waals surface area contributed by atoms with E-state index >= 15 is 0 Å². The fourth-order valence-corrected chi connectivity index (χ4v) is 5.00. The molecule has 0 bridgehead atoms. The Morgan fingerprint density at radius 1 is 1.24 bits per heavy atom. The number of anilines is 2. The number of amides is 1. The lowest BCUT2D eigenvalue weighted by Gasteiger charge is -2.38. The minimum absolute atomic E-state index is 0.0115. The SMILES string of the molecule is CN(C(=O)Oc1nccs1)C1CCCN(c2nc(Cl)nc3cc(N4CCOCC4)ccc23)C1. The van der Waals surface area contributed by atoms with Gasteiger partial charge in [-0.2, -0.15) is 4.98 Å². The quantitative estimate of drug-likeness (QED) is 0.514. The molecule has 5 rings (SSSR count). The van der Waals surface area contributed by atoms with Gasteiger partial charge in [0.25, 0.3) is 5.19 Å². The molecule has 4 heterocycles. The van der Waals surface area contributed by atoms with Crippen molar-refractivity contribution in [2.45, 2.75) is 18.9 Å². The molecule has 0 saturated carbocycles. The summed E-state index contributed by atoms with van der Waals surface area (Å²) in [7, 11) is 1.77. The lowest BCUT2D eigenvalue weighted by atomic mass is 10.0. The molecule has 0 radical (unpaired) electrons. The van der Waals surface area contributed by atoms with Gasteiger partial charge in [0.15, 0.2) is 0 Å². The van der Waals surface area contributed by atoms with E-state index < -0.39 is 6.09 Å². The molecule has 1 aromatic carbocycles. The average Bonchev–Trinajstić information content (AvgIpc) is 3.36. The van der Waals surface area contributed by atoms with Gasteiger partial charge in [0, 0.05) is 55.9 Å². The van der Waals surface area contributed by atoms with E-state index in [0.717, 1.165) is 68.1 Å². The van der Waals surface area contributed by atoms with Crippen LogP contribution in [0.2, 0.25) is 5.28 Å². The maximum Gasteiger partial charge on any atom is 0.417 e. The molecule has 9 nitrogen and oxygen atoms in total. The number of aromatic nitrogens is 3. The number of carbonyl (C=O) groups is 1. The van der Waals surface area contributed by atoms with Crippen molar-refractivity contribution in [1.82, 2.24) is 19.9 Å². The number of benzene rings is 1. The first-order valence-corrected chi connectivity index (χ1v) is 12.2. The van der Waals surface area contributed by atoms with Gasteiger partial charge >= 0.3 is 6.09 Å². The molecule has 2 aromatic heterocycles. The Kier molecular flexibility index (Phi) is 6.48. The molecule has 2 aliphatic heterocycles. The Balaban J connectivity index is 1.36. The molecule has 3 aromatic rings. The van der Waals surface area contributed by atoms with Crippen LogP contribution in [0.4, 0.5) is 16.3 Å². The van der Waals surface area contributed by atoms with Crippen LogP contribution in [-0.2, 0) is 4.74 Å². The normalized spacial score (nSPS) is 19.0. The van der Waals surface area contributed by atoms with Crippen molar-refractivity contribution >= 4 is 51.4 Å². The summed E-state index contributed by atoms with van der Waals surface area (Å²) in [6.45, 7) is 4.63. The summed E-state index contributed by atoms with van der Waals surface area (Å²) < 4.78 is 10.9. The number of hydrogen-bond donors (Lipinski definition) is 0. The second-order valence-corrected chi connectivity index (χ2v) is 9.33. The summed E-state index contributed by atoms with van der Waals surface area (Å²) in [6, 6.07) is 6.22. The topological polar surface area (TPSA) is 83.9 Å². The number of fused-ring (bicyclic) bond motifs is 1. The summed E-state index contributed by atoms with van der Waals surface area (Å²) in [5.41, 5.74) is 1.92. The van der Waals surface area contributed by atoms with Gasteiger partial charge in [0.05, 0.1) is 24.8 Å². The van der Waals surface area contributed by atoms with Crippen LogP contribution >= 0.6 is 22.9 Å². The number of thiazole rings is 1. The van der Waals surface area contributed by atoms with Crippen molar-refractivity contribution in [1.29, 1.82) is 0 Å². The van der Waals surface area contributed by atoms with E-state index in [9.17, 15) is 4.79 Å². The Morgan fingerprint density at radius 2 is 2.09 bits per heavy atom. The molecule has 0 spiro atoms. The van der Waals surface area contributed by atoms with Gasteiger partial charge in [-0.05, 0) is 42.6 Å². The Labute approximate surface area is 200 Å². The number of rotatable bonds is 4. The summed E-state index contributed by atoms with van der Waals surface area (Å²) in [4.78, 5) is 31.8. The molecule has 2 saturated heterocycles. The first-order chi connectivity index (χ1) is 16.1. The Hall–Kier alpha value is -2.69. The lowest BCUT2D eigenvalue weighted by Crippen LogP contribution is -2.49. The van der Waals surface area contributed by atoms with E-state index in [1.54, 1.807) is 23.5 Å². The zero-order valence-electron chi connectivity index (χ0n) is 18.3. The first-order valence-electron chi connectivity index (χ1n) is 11.0. The summed E-state index contributed by atoms with van der Waals surface area (Å²) in [6.07, 6.45) is 3.02. The Bertz CT molecular complexity index is 1120. The van der Waals surface area contributed by atoms with Gasteiger partial charge in [-0.15, -0.1) is 0 Å². The van der Waals surface area contributed by atoms with Crippen molar-refractivity contribution in [2.24, 2.45) is 0 Å². The molecule has 11 heteroatoms. The van der Waals surface area contributed by atoms with Gasteiger partial charge in [-0.3, -0.25) is 0 Å². The van der Waals surface area contributed by atoms with E-state index in [1.807, 2.05) is 0 Å².